The lowest BCUT2D eigenvalue weighted by Gasteiger charge is -2.08. The molecule has 2 rings (SSSR count). The summed E-state index contributed by atoms with van der Waals surface area (Å²) >= 11 is 2.84. The Hall–Kier alpha value is -1.50. The molecule has 1 aromatic carbocycles. The number of hydrogen-bond donors (Lipinski definition) is 2. The zero-order valence-electron chi connectivity index (χ0n) is 8.10. The van der Waals surface area contributed by atoms with Crippen LogP contribution in [0.15, 0.2) is 27.5 Å². The van der Waals surface area contributed by atoms with Crippen LogP contribution in [0.5, 0.6) is 5.75 Å². The van der Waals surface area contributed by atoms with Crippen LogP contribution >= 0.6 is 15.9 Å². The van der Waals surface area contributed by atoms with Gasteiger partial charge in [0.1, 0.15) is 10.2 Å². The highest BCUT2D eigenvalue weighted by atomic mass is 79.9. The first-order chi connectivity index (χ1) is 7.80. The van der Waals surface area contributed by atoms with E-state index in [0.717, 1.165) is 18.2 Å². The Kier molecular flexibility index (Phi) is 2.65. The molecule has 0 saturated carbocycles. The molecule has 90 valence electrons. The first-order valence-electron chi connectivity index (χ1n) is 4.42. The Morgan fingerprint density at radius 2 is 1.94 bits per heavy atom. The topological polar surface area (TPSA) is 53.1 Å². The third-order valence-electron chi connectivity index (χ3n) is 2.26. The van der Waals surface area contributed by atoms with Gasteiger partial charge in [-0.2, -0.15) is 13.2 Å². The highest BCUT2D eigenvalue weighted by molar-refractivity contribution is 9.10. The molecule has 0 atom stereocenters. The molecule has 0 spiro atoms. The molecule has 0 bridgehead atoms. The van der Waals surface area contributed by atoms with Gasteiger partial charge in [0.15, 0.2) is 0 Å². The number of aromatic nitrogens is 1. The van der Waals surface area contributed by atoms with Gasteiger partial charge < -0.3 is 10.1 Å². The van der Waals surface area contributed by atoms with Gasteiger partial charge in [0.2, 0.25) is 0 Å². The molecule has 2 N–H and O–H groups in total. The lowest BCUT2D eigenvalue weighted by atomic mass is 10.1. The Labute approximate surface area is 101 Å². The van der Waals surface area contributed by atoms with Gasteiger partial charge in [-0.05, 0) is 34.1 Å². The van der Waals surface area contributed by atoms with E-state index < -0.39 is 17.3 Å². The van der Waals surface area contributed by atoms with Gasteiger partial charge in [0.25, 0.3) is 5.56 Å². The van der Waals surface area contributed by atoms with E-state index in [1.54, 1.807) is 0 Å². The minimum absolute atomic E-state index is 0.0643. The van der Waals surface area contributed by atoms with Crippen LogP contribution in [-0.4, -0.2) is 10.1 Å². The normalized spacial score (nSPS) is 12.0. The van der Waals surface area contributed by atoms with Crippen LogP contribution in [0.3, 0.4) is 0 Å². The molecule has 0 saturated heterocycles. The third-order valence-corrected chi connectivity index (χ3v) is 2.99. The number of aromatic amines is 1. The minimum Gasteiger partial charge on any atom is -0.506 e. The number of nitrogens with one attached hydrogen (secondary N) is 1. The van der Waals surface area contributed by atoms with E-state index in [4.69, 9.17) is 0 Å². The van der Waals surface area contributed by atoms with Crippen LogP contribution in [0.4, 0.5) is 13.2 Å². The lowest BCUT2D eigenvalue weighted by molar-refractivity contribution is -0.137. The summed E-state index contributed by atoms with van der Waals surface area (Å²) in [6, 6.07) is 2.73. The maximum absolute atomic E-state index is 12.4. The maximum atomic E-state index is 12.4. The Bertz CT molecular complexity index is 648. The first kappa shape index (κ1) is 12.0. The fourth-order valence-electron chi connectivity index (χ4n) is 1.43. The SMILES string of the molecule is O=c1[nH]c2cc(C(F)(F)F)ccc2c(O)c1Br. The standard InChI is InChI=1S/C10H5BrF3NO2/c11-7-8(16)5-2-1-4(10(12,13)14)3-6(5)15-9(7)17/h1-3H,(H2,15,16,17). The third kappa shape index (κ3) is 2.02. The summed E-state index contributed by atoms with van der Waals surface area (Å²) in [7, 11) is 0. The van der Waals surface area contributed by atoms with E-state index >= 15 is 0 Å². The van der Waals surface area contributed by atoms with E-state index in [9.17, 15) is 23.1 Å². The molecule has 0 amide bonds. The van der Waals surface area contributed by atoms with Crippen molar-refractivity contribution in [3.05, 3.63) is 38.6 Å². The van der Waals surface area contributed by atoms with Crippen LogP contribution < -0.4 is 5.56 Å². The number of halogens is 4. The number of alkyl halides is 3. The van der Waals surface area contributed by atoms with Gasteiger partial charge in [-0.25, -0.2) is 0 Å². The first-order valence-corrected chi connectivity index (χ1v) is 5.21. The molecule has 0 unspecified atom stereocenters. The van der Waals surface area contributed by atoms with Crippen LogP contribution in [0, 0.1) is 0 Å². The molecule has 7 heteroatoms. The van der Waals surface area contributed by atoms with Crippen LogP contribution in [0.2, 0.25) is 0 Å². The number of hydrogen-bond acceptors (Lipinski definition) is 2. The molecule has 1 heterocycles. The predicted octanol–water partition coefficient (Wildman–Crippen LogP) is 3.02. The largest absolute Gasteiger partial charge is 0.506 e. The minimum atomic E-state index is -4.49. The molecule has 2 aromatic rings. The smallest absolute Gasteiger partial charge is 0.416 e. The van der Waals surface area contributed by atoms with Crippen molar-refractivity contribution >= 4 is 26.8 Å². The second-order valence-corrected chi connectivity index (χ2v) is 4.17. The summed E-state index contributed by atoms with van der Waals surface area (Å²) in [5, 5.41) is 9.73. The molecule has 0 aliphatic carbocycles. The van der Waals surface area contributed by atoms with Gasteiger partial charge >= 0.3 is 6.18 Å². The highest BCUT2D eigenvalue weighted by Crippen LogP contribution is 2.34. The molecule has 0 radical (unpaired) electrons. The van der Waals surface area contributed by atoms with E-state index in [2.05, 4.69) is 20.9 Å². The molecule has 3 nitrogen and oxygen atoms in total. The summed E-state index contributed by atoms with van der Waals surface area (Å²) in [6.45, 7) is 0. The molecule has 0 aliphatic heterocycles. The predicted molar refractivity (Wildman–Crippen MR) is 58.9 cm³/mol. The number of rotatable bonds is 0. The fourth-order valence-corrected chi connectivity index (χ4v) is 1.75. The van der Waals surface area contributed by atoms with Crippen molar-refractivity contribution in [2.75, 3.05) is 0 Å². The summed E-state index contributed by atoms with van der Waals surface area (Å²) in [4.78, 5) is 13.5. The van der Waals surface area contributed by atoms with Crippen molar-refractivity contribution < 1.29 is 18.3 Å². The second-order valence-electron chi connectivity index (χ2n) is 3.37. The van der Waals surface area contributed by atoms with Gasteiger partial charge in [-0.1, -0.05) is 0 Å². The number of pyridine rings is 1. The summed E-state index contributed by atoms with van der Waals surface area (Å²) in [5.41, 5.74) is -1.64. The van der Waals surface area contributed by atoms with E-state index in [0.29, 0.717) is 0 Å². The Morgan fingerprint density at radius 3 is 2.53 bits per heavy atom. The number of benzene rings is 1. The van der Waals surface area contributed by atoms with Crippen molar-refractivity contribution in [1.29, 1.82) is 0 Å². The van der Waals surface area contributed by atoms with Crippen molar-refractivity contribution in [2.24, 2.45) is 0 Å². The summed E-state index contributed by atoms with van der Waals surface area (Å²) in [6.07, 6.45) is -4.49. The van der Waals surface area contributed by atoms with Gasteiger partial charge in [-0.15, -0.1) is 0 Å². The van der Waals surface area contributed by atoms with Crippen LogP contribution in [0.25, 0.3) is 10.9 Å². The molecular formula is C10H5BrF3NO2. The van der Waals surface area contributed by atoms with Gasteiger partial charge in [-0.3, -0.25) is 4.79 Å². The second kappa shape index (κ2) is 3.76. The Balaban J connectivity index is 2.81. The van der Waals surface area contributed by atoms with E-state index in [-0.39, 0.29) is 21.1 Å². The van der Waals surface area contributed by atoms with E-state index in [1.165, 1.54) is 0 Å². The Morgan fingerprint density at radius 1 is 1.29 bits per heavy atom. The van der Waals surface area contributed by atoms with Gasteiger partial charge in [0, 0.05) is 5.39 Å². The molecule has 1 aromatic heterocycles. The zero-order chi connectivity index (χ0) is 12.8. The quantitative estimate of drug-likeness (QED) is 0.786. The van der Waals surface area contributed by atoms with E-state index in [1.807, 2.05) is 0 Å². The number of aromatic hydroxyl groups is 1. The van der Waals surface area contributed by atoms with Crippen molar-refractivity contribution in [2.45, 2.75) is 6.18 Å². The number of H-pyrrole nitrogens is 1. The van der Waals surface area contributed by atoms with Crippen LogP contribution in [-0.2, 0) is 6.18 Å². The average Bonchev–Trinajstić information content (AvgIpc) is 2.24. The van der Waals surface area contributed by atoms with Crippen molar-refractivity contribution in [1.82, 2.24) is 4.98 Å². The molecule has 0 aliphatic rings. The maximum Gasteiger partial charge on any atom is 0.416 e. The van der Waals surface area contributed by atoms with Crippen molar-refractivity contribution in [3.8, 4) is 5.75 Å². The average molecular weight is 308 g/mol. The molecular weight excluding hydrogens is 303 g/mol. The lowest BCUT2D eigenvalue weighted by Crippen LogP contribution is -2.09. The highest BCUT2D eigenvalue weighted by Gasteiger charge is 2.30. The fraction of sp³-hybridized carbons (Fsp3) is 0.100. The zero-order valence-corrected chi connectivity index (χ0v) is 9.69. The molecule has 17 heavy (non-hydrogen) atoms. The van der Waals surface area contributed by atoms with Crippen LogP contribution in [0.1, 0.15) is 5.56 Å². The monoisotopic (exact) mass is 307 g/mol. The van der Waals surface area contributed by atoms with Gasteiger partial charge in [0.05, 0.1) is 11.1 Å². The summed E-state index contributed by atoms with van der Waals surface area (Å²) in [5.74, 6) is -0.377. The molecule has 0 fully saturated rings. The summed E-state index contributed by atoms with van der Waals surface area (Å²) < 4.78 is 37.2. The van der Waals surface area contributed by atoms with Crippen molar-refractivity contribution in [3.63, 3.8) is 0 Å². The number of fused-ring (bicyclic) bond motifs is 1.